The summed E-state index contributed by atoms with van der Waals surface area (Å²) < 4.78 is 11.5. The fourth-order valence-corrected chi connectivity index (χ4v) is 0.596. The third-order valence-corrected chi connectivity index (χ3v) is 1.41. The van der Waals surface area contributed by atoms with Crippen molar-refractivity contribution < 1.29 is 4.20 Å². The lowest BCUT2D eigenvalue weighted by Gasteiger charge is -1.62. The van der Waals surface area contributed by atoms with Crippen molar-refractivity contribution in [1.82, 2.24) is 0 Å². The summed E-state index contributed by atoms with van der Waals surface area (Å²) in [5.74, 6) is 1.34. The van der Waals surface area contributed by atoms with Crippen molar-refractivity contribution in [2.24, 2.45) is 0 Å². The van der Waals surface area contributed by atoms with Crippen LogP contribution in [0.3, 0.4) is 0 Å². The second-order valence-corrected chi connectivity index (χ2v) is 2.30. The predicted octanol–water partition coefficient (Wildman–Crippen LogP) is 1.73. The Kier molecular flexibility index (Phi) is 0.645. The Morgan fingerprint density at radius 3 is 2.50 bits per heavy atom. The molecule has 1 nitrogen and oxygen atoms in total. The van der Waals surface area contributed by atoms with Gasteiger partial charge in [-0.25, -0.2) is 4.20 Å². The SMILES string of the molecule is N#CC1=CP1F. The normalized spacial score (nSPS) is 28.0. The van der Waals surface area contributed by atoms with E-state index in [0.29, 0.717) is 5.31 Å². The molecule has 0 saturated heterocycles. The van der Waals surface area contributed by atoms with Gasteiger partial charge < -0.3 is 0 Å². The number of rotatable bonds is 0. The Morgan fingerprint density at radius 2 is 2.50 bits per heavy atom. The third-order valence-electron chi connectivity index (χ3n) is 0.513. The lowest BCUT2D eigenvalue weighted by atomic mass is 10.7. The molecule has 0 saturated carbocycles. The first-order valence-electron chi connectivity index (χ1n) is 1.41. The van der Waals surface area contributed by atoms with Crippen LogP contribution < -0.4 is 0 Å². The molecule has 1 heterocycles. The highest BCUT2D eigenvalue weighted by molar-refractivity contribution is 7.68. The molecular weight excluding hydrogens is 100 g/mol. The molecule has 6 heavy (non-hydrogen) atoms. The van der Waals surface area contributed by atoms with Crippen molar-refractivity contribution in [2.45, 2.75) is 0 Å². The molecule has 30 valence electrons. The fourth-order valence-electron chi connectivity index (χ4n) is 0.155. The van der Waals surface area contributed by atoms with Gasteiger partial charge >= 0.3 is 0 Å². The minimum atomic E-state index is -1.50. The number of nitriles is 1. The van der Waals surface area contributed by atoms with Crippen LogP contribution in [0.15, 0.2) is 11.1 Å². The van der Waals surface area contributed by atoms with Crippen molar-refractivity contribution in [2.75, 3.05) is 0 Å². The van der Waals surface area contributed by atoms with E-state index in [-0.39, 0.29) is 0 Å². The molecule has 1 rings (SSSR count). The maximum Gasteiger partial charge on any atom is 0.149 e. The van der Waals surface area contributed by atoms with E-state index in [1.54, 1.807) is 6.07 Å². The molecule has 1 unspecified atom stereocenters. The largest absolute Gasteiger partial charge is 0.216 e. The van der Waals surface area contributed by atoms with Crippen molar-refractivity contribution >= 4 is 8.23 Å². The second kappa shape index (κ2) is 1.03. The lowest BCUT2D eigenvalue weighted by molar-refractivity contribution is 0.921. The first-order valence-corrected chi connectivity index (χ1v) is 2.71. The molecule has 0 aliphatic carbocycles. The highest BCUT2D eigenvalue weighted by Gasteiger charge is 2.23. The summed E-state index contributed by atoms with van der Waals surface area (Å²) in [4.78, 5) is 0. The van der Waals surface area contributed by atoms with Crippen LogP contribution in [0, 0.1) is 11.3 Å². The molecule has 1 atom stereocenters. The third kappa shape index (κ3) is 0.418. The van der Waals surface area contributed by atoms with Gasteiger partial charge in [-0.05, 0) is 5.82 Å². The van der Waals surface area contributed by atoms with Gasteiger partial charge in [-0.3, -0.25) is 0 Å². The van der Waals surface area contributed by atoms with Gasteiger partial charge in [0.1, 0.15) is 14.3 Å². The Balaban J connectivity index is 2.48. The fraction of sp³-hybridized carbons (Fsp3) is 0. The molecule has 0 spiro atoms. The smallest absolute Gasteiger partial charge is 0.149 e. The van der Waals surface area contributed by atoms with E-state index < -0.39 is 8.23 Å². The first kappa shape index (κ1) is 3.77. The molecule has 0 N–H and O–H groups in total. The van der Waals surface area contributed by atoms with Crippen LogP contribution in [-0.4, -0.2) is 0 Å². The van der Waals surface area contributed by atoms with Crippen LogP contribution >= 0.6 is 8.23 Å². The Bertz CT molecular complexity index is 134. The Morgan fingerprint density at radius 1 is 2.00 bits per heavy atom. The highest BCUT2D eigenvalue weighted by Crippen LogP contribution is 2.62. The summed E-state index contributed by atoms with van der Waals surface area (Å²) in [5, 5.41) is 8.17. The molecule has 0 fully saturated rings. The van der Waals surface area contributed by atoms with Crippen LogP contribution in [0.25, 0.3) is 0 Å². The molecule has 3 heteroatoms. The highest BCUT2D eigenvalue weighted by atomic mass is 31.2. The van der Waals surface area contributed by atoms with Gasteiger partial charge in [0.15, 0.2) is 0 Å². The molecule has 0 aromatic heterocycles. The van der Waals surface area contributed by atoms with Crippen LogP contribution in [0.1, 0.15) is 0 Å². The van der Waals surface area contributed by atoms with Crippen LogP contribution in [0.4, 0.5) is 4.20 Å². The van der Waals surface area contributed by atoms with Crippen LogP contribution in [-0.2, 0) is 0 Å². The number of halogens is 1. The van der Waals surface area contributed by atoms with Crippen molar-refractivity contribution in [3.8, 4) is 6.07 Å². The molecule has 1 aliphatic rings. The molecule has 0 aromatic rings. The van der Waals surface area contributed by atoms with Crippen molar-refractivity contribution in [3.05, 3.63) is 11.1 Å². The number of nitrogens with zero attached hydrogens (tertiary/aromatic N) is 1. The maximum absolute atomic E-state index is 11.5. The minimum Gasteiger partial charge on any atom is -0.216 e. The van der Waals surface area contributed by atoms with E-state index in [1.807, 2.05) is 0 Å². The average Bonchev–Trinajstić information content (AvgIpc) is 2.19. The van der Waals surface area contributed by atoms with Crippen molar-refractivity contribution in [3.63, 3.8) is 0 Å². The molecule has 0 amide bonds. The van der Waals surface area contributed by atoms with Crippen LogP contribution in [0.5, 0.6) is 0 Å². The molecule has 0 aromatic carbocycles. The van der Waals surface area contributed by atoms with Crippen LogP contribution in [0.2, 0.25) is 0 Å². The number of hydrogen-bond donors (Lipinski definition) is 0. The molecule has 0 bridgehead atoms. The van der Waals surface area contributed by atoms with E-state index in [0.717, 1.165) is 0 Å². The summed E-state index contributed by atoms with van der Waals surface area (Å²) in [5.41, 5.74) is 0. The first-order chi connectivity index (χ1) is 2.84. The van der Waals surface area contributed by atoms with Gasteiger partial charge in [-0.2, -0.15) is 5.26 Å². The monoisotopic (exact) mass is 101 g/mol. The second-order valence-electron chi connectivity index (χ2n) is 0.937. The summed E-state index contributed by atoms with van der Waals surface area (Å²) in [6.45, 7) is 0. The Hall–Kier alpha value is -0.410. The molecule has 0 radical (unpaired) electrons. The van der Waals surface area contributed by atoms with E-state index in [4.69, 9.17) is 5.26 Å². The summed E-state index contributed by atoms with van der Waals surface area (Å²) >= 11 is 0. The zero-order valence-electron chi connectivity index (χ0n) is 2.85. The van der Waals surface area contributed by atoms with Crippen molar-refractivity contribution in [1.29, 1.82) is 5.26 Å². The zero-order valence-corrected chi connectivity index (χ0v) is 3.74. The predicted molar refractivity (Wildman–Crippen MR) is 21.7 cm³/mol. The van der Waals surface area contributed by atoms with E-state index >= 15 is 0 Å². The molecular formula is C3HFNP. The van der Waals surface area contributed by atoms with Gasteiger partial charge in [0.25, 0.3) is 0 Å². The average molecular weight is 101 g/mol. The minimum absolute atomic E-state index is 0.338. The van der Waals surface area contributed by atoms with Gasteiger partial charge in [-0.1, -0.05) is 0 Å². The number of hydrogen-bond acceptors (Lipinski definition) is 1. The Labute approximate surface area is 36.0 Å². The van der Waals surface area contributed by atoms with E-state index in [1.165, 1.54) is 5.82 Å². The quantitative estimate of drug-likeness (QED) is 0.426. The van der Waals surface area contributed by atoms with E-state index in [9.17, 15) is 4.20 Å². The lowest BCUT2D eigenvalue weighted by Crippen LogP contribution is -1.36. The standard InChI is InChI=1S/C3HFNP/c4-6-2-3(6)1-5/h2H. The van der Waals surface area contributed by atoms with Gasteiger partial charge in [0, 0.05) is 0 Å². The van der Waals surface area contributed by atoms with E-state index in [2.05, 4.69) is 0 Å². The molecule has 1 aliphatic heterocycles. The zero-order chi connectivity index (χ0) is 4.57. The van der Waals surface area contributed by atoms with Gasteiger partial charge in [0.2, 0.25) is 0 Å². The summed E-state index contributed by atoms with van der Waals surface area (Å²) in [6.07, 6.45) is 0. The van der Waals surface area contributed by atoms with Gasteiger partial charge in [0.05, 0.1) is 5.31 Å². The summed E-state index contributed by atoms with van der Waals surface area (Å²) in [7, 11) is -1.50. The summed E-state index contributed by atoms with van der Waals surface area (Å²) in [6, 6.07) is 1.70. The topological polar surface area (TPSA) is 23.8 Å². The van der Waals surface area contributed by atoms with Gasteiger partial charge in [-0.15, -0.1) is 0 Å². The number of allylic oxidation sites excluding steroid dienone is 1. The maximum atomic E-state index is 11.5.